The van der Waals surface area contributed by atoms with Gasteiger partial charge < -0.3 is 0 Å². The maximum atomic E-state index is 2.33. The Hall–Kier alpha value is -1.82. The van der Waals surface area contributed by atoms with Crippen LogP contribution in [0.25, 0.3) is 11.1 Å². The second-order valence-corrected chi connectivity index (χ2v) is 7.27. The zero-order valence-electron chi connectivity index (χ0n) is 17.3. The maximum Gasteiger partial charge on any atom is -0.0221 e. The number of hydrogen-bond acceptors (Lipinski definition) is 0. The molecule has 0 amide bonds. The topological polar surface area (TPSA) is 0 Å². The van der Waals surface area contributed by atoms with Crippen molar-refractivity contribution in [3.63, 3.8) is 0 Å². The summed E-state index contributed by atoms with van der Waals surface area (Å²) in [4.78, 5) is 0. The van der Waals surface area contributed by atoms with Crippen LogP contribution in [0.4, 0.5) is 0 Å². The molecule has 0 heteroatoms. The van der Waals surface area contributed by atoms with Crippen LogP contribution in [0.1, 0.15) is 88.5 Å². The summed E-state index contributed by atoms with van der Waals surface area (Å²) in [5.74, 6) is 0. The molecule has 0 nitrogen and oxygen atoms in total. The molecule has 26 heavy (non-hydrogen) atoms. The zero-order valence-corrected chi connectivity index (χ0v) is 17.3. The lowest BCUT2D eigenvalue weighted by atomic mass is 9.90. The summed E-state index contributed by atoms with van der Waals surface area (Å²) in [6.45, 7) is 9.08. The first-order valence-corrected chi connectivity index (χ1v) is 10.6. The summed E-state index contributed by atoms with van der Waals surface area (Å²) in [6, 6.07) is 18.6. The Morgan fingerprint density at radius 1 is 0.538 bits per heavy atom. The minimum Gasteiger partial charge on any atom is -0.0654 e. The molecule has 0 heterocycles. The van der Waals surface area contributed by atoms with E-state index in [2.05, 4.69) is 76.2 Å². The van der Waals surface area contributed by atoms with E-state index < -0.39 is 0 Å². The van der Waals surface area contributed by atoms with Crippen LogP contribution in [0.15, 0.2) is 48.5 Å². The van der Waals surface area contributed by atoms with Gasteiger partial charge in [0.05, 0.1) is 0 Å². The molecule has 2 aromatic carbocycles. The van der Waals surface area contributed by atoms with Crippen molar-refractivity contribution in [2.24, 2.45) is 0 Å². The number of hydrogen-bond donors (Lipinski definition) is 0. The molecular weight excluding hydrogens is 312 g/mol. The van der Waals surface area contributed by atoms with Gasteiger partial charge in [-0.3, -0.25) is 0 Å². The molecule has 0 aliphatic carbocycles. The highest BCUT2D eigenvalue weighted by Crippen LogP contribution is 2.31. The van der Waals surface area contributed by atoms with E-state index in [1.165, 1.54) is 71.9 Å². The van der Waals surface area contributed by atoms with Crippen molar-refractivity contribution in [3.05, 3.63) is 70.8 Å². The van der Waals surface area contributed by atoms with E-state index in [0.717, 1.165) is 12.8 Å². The van der Waals surface area contributed by atoms with E-state index in [0.29, 0.717) is 0 Å². The van der Waals surface area contributed by atoms with Crippen LogP contribution < -0.4 is 0 Å². The lowest BCUT2D eigenvalue weighted by molar-refractivity contribution is 0.795. The van der Waals surface area contributed by atoms with Gasteiger partial charge >= 0.3 is 0 Å². The van der Waals surface area contributed by atoms with Gasteiger partial charge in [-0.15, -0.1) is 0 Å². The van der Waals surface area contributed by atoms with Crippen molar-refractivity contribution < 1.29 is 0 Å². The molecule has 0 spiro atoms. The average molecular weight is 349 g/mol. The molecule has 0 saturated heterocycles. The third-order valence-electron chi connectivity index (χ3n) is 5.31. The van der Waals surface area contributed by atoms with Crippen LogP contribution >= 0.6 is 0 Å². The van der Waals surface area contributed by atoms with Gasteiger partial charge in [0.15, 0.2) is 0 Å². The Kier molecular flexibility index (Phi) is 8.68. The Morgan fingerprint density at radius 3 is 1.15 bits per heavy atom. The molecule has 0 unspecified atom stereocenters. The summed E-state index contributed by atoms with van der Waals surface area (Å²) in [5.41, 5.74) is 8.69. The Morgan fingerprint density at radius 2 is 0.885 bits per heavy atom. The second-order valence-electron chi connectivity index (χ2n) is 7.27. The van der Waals surface area contributed by atoms with Crippen LogP contribution in [0.5, 0.6) is 0 Å². The highest BCUT2D eigenvalue weighted by atomic mass is 14.1. The van der Waals surface area contributed by atoms with Gasteiger partial charge in [-0.25, -0.2) is 0 Å². The molecule has 0 aliphatic heterocycles. The highest BCUT2D eigenvalue weighted by Gasteiger charge is 2.09. The first kappa shape index (κ1) is 20.5. The molecule has 0 fully saturated rings. The fraction of sp³-hybridized carbons (Fsp3) is 0.462. The monoisotopic (exact) mass is 348 g/mol. The van der Waals surface area contributed by atoms with Crippen molar-refractivity contribution >= 4 is 11.1 Å². The third-order valence-corrected chi connectivity index (χ3v) is 5.31. The fourth-order valence-corrected chi connectivity index (χ4v) is 3.69. The molecule has 0 radical (unpaired) electrons. The van der Waals surface area contributed by atoms with Crippen LogP contribution in [0, 0.1) is 0 Å². The van der Waals surface area contributed by atoms with Crippen LogP contribution in [-0.4, -0.2) is 0 Å². The number of rotatable bonds is 10. The molecule has 2 rings (SSSR count). The van der Waals surface area contributed by atoms with Crippen molar-refractivity contribution in [1.82, 2.24) is 0 Å². The number of benzene rings is 2. The van der Waals surface area contributed by atoms with E-state index in [9.17, 15) is 0 Å². The Bertz CT molecular complexity index is 609. The third kappa shape index (κ3) is 5.59. The average Bonchev–Trinajstić information content (AvgIpc) is 2.70. The quantitative estimate of drug-likeness (QED) is 0.380. The van der Waals surface area contributed by atoms with E-state index in [1.807, 2.05) is 0 Å². The van der Waals surface area contributed by atoms with Gasteiger partial charge in [0.25, 0.3) is 0 Å². The van der Waals surface area contributed by atoms with Gasteiger partial charge in [0.1, 0.15) is 0 Å². The second kappa shape index (κ2) is 11.0. The first-order chi connectivity index (χ1) is 12.7. The lowest BCUT2D eigenvalue weighted by Crippen LogP contribution is -1.94. The number of aryl methyl sites for hydroxylation is 2. The molecule has 140 valence electrons. The molecular formula is C26H36. The number of unbranched alkanes of at least 4 members (excludes halogenated alkanes) is 2. The van der Waals surface area contributed by atoms with E-state index in [4.69, 9.17) is 0 Å². The van der Waals surface area contributed by atoms with Crippen LogP contribution in [0.2, 0.25) is 0 Å². The Labute approximate surface area is 161 Å². The van der Waals surface area contributed by atoms with Gasteiger partial charge in [-0.2, -0.15) is 0 Å². The fourth-order valence-electron chi connectivity index (χ4n) is 3.69. The summed E-state index contributed by atoms with van der Waals surface area (Å²) in [5, 5.41) is 0. The normalized spacial score (nSPS) is 12.2. The first-order valence-electron chi connectivity index (χ1n) is 10.6. The molecule has 0 bridgehead atoms. The van der Waals surface area contributed by atoms with E-state index in [-0.39, 0.29) is 0 Å². The van der Waals surface area contributed by atoms with Crippen molar-refractivity contribution in [2.45, 2.75) is 79.1 Å². The molecule has 2 aromatic rings. The predicted octanol–water partition coefficient (Wildman–Crippen LogP) is 8.10. The van der Waals surface area contributed by atoms with Crippen molar-refractivity contribution in [2.75, 3.05) is 0 Å². The summed E-state index contributed by atoms with van der Waals surface area (Å²) in [6.07, 6.45) is 9.63. The SMILES string of the molecule is CCCCc1ccc(C(CC)=C(CC)c2ccc(CCCC)cc2)cc1. The van der Waals surface area contributed by atoms with Crippen LogP contribution in [0.3, 0.4) is 0 Å². The molecule has 0 N–H and O–H groups in total. The lowest BCUT2D eigenvalue weighted by Gasteiger charge is -2.15. The van der Waals surface area contributed by atoms with E-state index in [1.54, 1.807) is 0 Å². The van der Waals surface area contributed by atoms with E-state index >= 15 is 0 Å². The zero-order chi connectivity index (χ0) is 18.8. The molecule has 0 saturated carbocycles. The minimum atomic E-state index is 1.08. The molecule has 0 aliphatic rings. The van der Waals surface area contributed by atoms with Gasteiger partial charge in [0, 0.05) is 0 Å². The summed E-state index contributed by atoms with van der Waals surface area (Å²) >= 11 is 0. The predicted molar refractivity (Wildman–Crippen MR) is 118 cm³/mol. The highest BCUT2D eigenvalue weighted by molar-refractivity contribution is 5.90. The summed E-state index contributed by atoms with van der Waals surface area (Å²) in [7, 11) is 0. The Balaban J connectivity index is 2.28. The van der Waals surface area contributed by atoms with Gasteiger partial charge in [-0.1, -0.05) is 89.1 Å². The summed E-state index contributed by atoms with van der Waals surface area (Å²) < 4.78 is 0. The van der Waals surface area contributed by atoms with Crippen molar-refractivity contribution in [1.29, 1.82) is 0 Å². The molecule has 0 aromatic heterocycles. The van der Waals surface area contributed by atoms with Crippen LogP contribution in [-0.2, 0) is 12.8 Å². The minimum absolute atomic E-state index is 1.08. The van der Waals surface area contributed by atoms with Gasteiger partial charge in [0.2, 0.25) is 0 Å². The smallest absolute Gasteiger partial charge is 0.0221 e. The number of allylic oxidation sites excluding steroid dienone is 2. The van der Waals surface area contributed by atoms with Gasteiger partial charge in [-0.05, 0) is 71.9 Å². The molecule has 0 atom stereocenters. The largest absolute Gasteiger partial charge is 0.0654 e. The standard InChI is InChI=1S/C26H36/c1-5-9-11-21-13-17-23(18-14-21)25(7-3)26(8-4)24-19-15-22(16-20-24)12-10-6-2/h13-20H,5-12H2,1-4H3. The maximum absolute atomic E-state index is 2.33. The van der Waals surface area contributed by atoms with Crippen molar-refractivity contribution in [3.8, 4) is 0 Å².